The maximum atomic E-state index is 13.8. The topological polar surface area (TPSA) is 42.4 Å². The van der Waals surface area contributed by atoms with E-state index in [4.69, 9.17) is 9.72 Å². The third kappa shape index (κ3) is 5.91. The van der Waals surface area contributed by atoms with Crippen LogP contribution in [0.5, 0.6) is 0 Å². The van der Waals surface area contributed by atoms with Crippen molar-refractivity contribution in [2.24, 2.45) is 23.7 Å². The second-order valence-electron chi connectivity index (χ2n) is 10.8. The summed E-state index contributed by atoms with van der Waals surface area (Å²) in [6.07, 6.45) is 10.2. The Morgan fingerprint density at radius 2 is 2.00 bits per heavy atom. The third-order valence-electron chi connectivity index (χ3n) is 7.99. The summed E-state index contributed by atoms with van der Waals surface area (Å²) in [4.78, 5) is 20.8. The third-order valence-corrected chi connectivity index (χ3v) is 9.11. The van der Waals surface area contributed by atoms with Gasteiger partial charge >= 0.3 is 0 Å². The monoisotopic (exact) mass is 482 g/mol. The molecule has 1 aromatic carbocycles. The van der Waals surface area contributed by atoms with Crippen LogP contribution in [0.3, 0.4) is 0 Å². The highest BCUT2D eigenvalue weighted by molar-refractivity contribution is 7.18. The molecule has 2 fully saturated rings. The van der Waals surface area contributed by atoms with Crippen LogP contribution >= 0.6 is 11.3 Å². The van der Waals surface area contributed by atoms with Crippen LogP contribution in [0, 0.1) is 23.7 Å². The number of fused-ring (bicyclic) bond motifs is 1. The number of para-hydroxylation sites is 1. The zero-order valence-electron chi connectivity index (χ0n) is 21.2. The molecule has 186 valence electrons. The molecule has 1 saturated carbocycles. The average molecular weight is 483 g/mol. The van der Waals surface area contributed by atoms with E-state index in [1.165, 1.54) is 19.3 Å². The number of allylic oxidation sites excluding steroid dienone is 1. The largest absolute Gasteiger partial charge is 0.378 e. The first kappa shape index (κ1) is 25.4. The maximum absolute atomic E-state index is 13.8. The quantitative estimate of drug-likeness (QED) is 0.359. The number of hydrogen-bond donors (Lipinski definition) is 0. The Bertz CT molecular complexity index is 916. The minimum absolute atomic E-state index is 0.0218. The van der Waals surface area contributed by atoms with E-state index in [0.29, 0.717) is 24.5 Å². The molecule has 1 aromatic heterocycles. The Morgan fingerprint density at radius 1 is 1.24 bits per heavy atom. The molecule has 0 unspecified atom stereocenters. The Hall–Kier alpha value is -1.72. The fourth-order valence-electron chi connectivity index (χ4n) is 5.89. The van der Waals surface area contributed by atoms with Crippen LogP contribution in [0.15, 0.2) is 36.9 Å². The summed E-state index contributed by atoms with van der Waals surface area (Å²) in [7, 11) is 0. The van der Waals surface area contributed by atoms with Gasteiger partial charge in [0.25, 0.3) is 0 Å². The Labute approximate surface area is 209 Å². The van der Waals surface area contributed by atoms with Crippen LogP contribution in [0.4, 0.5) is 0 Å². The van der Waals surface area contributed by atoms with Gasteiger partial charge in [-0.05, 0) is 74.3 Å². The van der Waals surface area contributed by atoms with Crippen molar-refractivity contribution >= 4 is 27.5 Å². The summed E-state index contributed by atoms with van der Waals surface area (Å²) in [5.74, 6) is 1.97. The van der Waals surface area contributed by atoms with Crippen LogP contribution in [0.2, 0.25) is 0 Å². The summed E-state index contributed by atoms with van der Waals surface area (Å²) < 4.78 is 7.68. The first-order valence-corrected chi connectivity index (χ1v) is 14.2. The van der Waals surface area contributed by atoms with Crippen LogP contribution in [-0.4, -0.2) is 41.6 Å². The number of piperidine rings is 1. The second-order valence-corrected chi connectivity index (χ2v) is 11.9. The van der Waals surface area contributed by atoms with Crippen molar-refractivity contribution in [3.05, 3.63) is 41.9 Å². The summed E-state index contributed by atoms with van der Waals surface area (Å²) >= 11 is 1.66. The SMILES string of the molecule is C=C[C@H](CCO[C@@H]1C[C@H](C)CC[C@H]1C(C)C)[C@H](C(=O)N1CCCCC1)c1nc2ccccc2s1. The van der Waals surface area contributed by atoms with Crippen LogP contribution in [-0.2, 0) is 9.53 Å². The Kier molecular flexibility index (Phi) is 8.81. The first-order valence-electron chi connectivity index (χ1n) is 13.4. The van der Waals surface area contributed by atoms with E-state index < -0.39 is 0 Å². The highest BCUT2D eigenvalue weighted by Gasteiger charge is 2.36. The van der Waals surface area contributed by atoms with Crippen molar-refractivity contribution in [1.82, 2.24) is 9.88 Å². The van der Waals surface area contributed by atoms with Crippen molar-refractivity contribution in [1.29, 1.82) is 0 Å². The van der Waals surface area contributed by atoms with Gasteiger partial charge in [0.1, 0.15) is 5.01 Å². The summed E-state index contributed by atoms with van der Waals surface area (Å²) in [6.45, 7) is 13.5. The fraction of sp³-hybridized carbons (Fsp3) is 0.655. The van der Waals surface area contributed by atoms with Gasteiger partial charge in [-0.1, -0.05) is 45.4 Å². The first-order chi connectivity index (χ1) is 16.5. The molecule has 1 aliphatic carbocycles. The Balaban J connectivity index is 1.51. The molecule has 1 amide bonds. The number of ether oxygens (including phenoxy) is 1. The van der Waals surface area contributed by atoms with Crippen molar-refractivity contribution in [3.8, 4) is 0 Å². The van der Waals surface area contributed by atoms with Gasteiger partial charge in [-0.15, -0.1) is 17.9 Å². The number of nitrogens with zero attached hydrogens (tertiary/aromatic N) is 2. The second kappa shape index (κ2) is 11.8. The van der Waals surface area contributed by atoms with E-state index in [9.17, 15) is 4.79 Å². The van der Waals surface area contributed by atoms with Crippen molar-refractivity contribution in [2.45, 2.75) is 77.7 Å². The number of rotatable bonds is 9. The van der Waals surface area contributed by atoms with E-state index in [2.05, 4.69) is 38.3 Å². The van der Waals surface area contributed by atoms with E-state index >= 15 is 0 Å². The van der Waals surface area contributed by atoms with Gasteiger partial charge in [0, 0.05) is 19.7 Å². The molecule has 4 rings (SSSR count). The number of hydrogen-bond acceptors (Lipinski definition) is 4. The van der Waals surface area contributed by atoms with Gasteiger partial charge in [0.15, 0.2) is 0 Å². The molecule has 5 heteroatoms. The molecule has 0 spiro atoms. The molecule has 2 heterocycles. The zero-order valence-corrected chi connectivity index (χ0v) is 22.1. The van der Waals surface area contributed by atoms with Crippen LogP contribution in [0.1, 0.15) is 76.6 Å². The molecule has 1 aliphatic heterocycles. The highest BCUT2D eigenvalue weighted by Crippen LogP contribution is 2.38. The minimum Gasteiger partial charge on any atom is -0.378 e. The minimum atomic E-state index is -0.275. The number of aromatic nitrogens is 1. The Morgan fingerprint density at radius 3 is 2.71 bits per heavy atom. The van der Waals surface area contributed by atoms with Crippen molar-refractivity contribution < 1.29 is 9.53 Å². The summed E-state index contributed by atoms with van der Waals surface area (Å²) in [6, 6.07) is 8.20. The molecule has 0 N–H and O–H groups in total. The van der Waals surface area contributed by atoms with Gasteiger partial charge in [0.05, 0.1) is 22.2 Å². The van der Waals surface area contributed by atoms with Crippen LogP contribution in [0.25, 0.3) is 10.2 Å². The van der Waals surface area contributed by atoms with Gasteiger partial charge in [-0.2, -0.15) is 0 Å². The lowest BCUT2D eigenvalue weighted by Gasteiger charge is -2.37. The van der Waals surface area contributed by atoms with Crippen molar-refractivity contribution in [3.63, 3.8) is 0 Å². The predicted octanol–water partition coefficient (Wildman–Crippen LogP) is 7.06. The smallest absolute Gasteiger partial charge is 0.233 e. The van der Waals surface area contributed by atoms with Gasteiger partial charge < -0.3 is 9.64 Å². The summed E-state index contributed by atoms with van der Waals surface area (Å²) in [5, 5.41) is 0.924. The summed E-state index contributed by atoms with van der Waals surface area (Å²) in [5.41, 5.74) is 0.981. The maximum Gasteiger partial charge on any atom is 0.233 e. The zero-order chi connectivity index (χ0) is 24.1. The van der Waals surface area contributed by atoms with Gasteiger partial charge in [0.2, 0.25) is 5.91 Å². The lowest BCUT2D eigenvalue weighted by Crippen LogP contribution is -2.41. The average Bonchev–Trinajstić information content (AvgIpc) is 3.27. The molecule has 4 nitrogen and oxygen atoms in total. The lowest BCUT2D eigenvalue weighted by atomic mass is 9.75. The number of thiazole rings is 1. The van der Waals surface area contributed by atoms with Crippen molar-refractivity contribution in [2.75, 3.05) is 19.7 Å². The molecule has 2 aromatic rings. The standard InChI is InChI=1S/C29H42N2O2S/c1-5-22(15-18-33-25-19-21(4)13-14-23(25)20(2)3)27(29(32)31-16-9-6-10-17-31)28-30-24-11-7-8-12-26(24)34-28/h5,7-8,11-12,20-23,25,27H,1,6,9-10,13-19H2,2-4H3/t21-,22-,23+,25-,27+/m1/s1. The number of amides is 1. The molecular weight excluding hydrogens is 440 g/mol. The molecule has 1 saturated heterocycles. The normalized spacial score (nSPS) is 25.4. The van der Waals surface area contributed by atoms with E-state index in [0.717, 1.165) is 59.9 Å². The molecule has 0 radical (unpaired) electrons. The van der Waals surface area contributed by atoms with E-state index in [-0.39, 0.29) is 17.7 Å². The predicted molar refractivity (Wildman–Crippen MR) is 142 cm³/mol. The van der Waals surface area contributed by atoms with E-state index in [1.807, 2.05) is 24.3 Å². The fourth-order valence-corrected chi connectivity index (χ4v) is 7.03. The van der Waals surface area contributed by atoms with Crippen LogP contribution < -0.4 is 0 Å². The van der Waals surface area contributed by atoms with E-state index in [1.54, 1.807) is 11.3 Å². The van der Waals surface area contributed by atoms with Gasteiger partial charge in [-0.3, -0.25) is 4.79 Å². The number of carbonyl (C=O) groups is 1. The number of likely N-dealkylation sites (tertiary alicyclic amines) is 1. The molecule has 34 heavy (non-hydrogen) atoms. The molecule has 2 aliphatic rings. The highest BCUT2D eigenvalue weighted by atomic mass is 32.1. The van der Waals surface area contributed by atoms with Gasteiger partial charge in [-0.25, -0.2) is 4.98 Å². The molecule has 5 atom stereocenters. The molecular formula is C29H42N2O2S. The number of carbonyl (C=O) groups excluding carboxylic acids is 1. The number of benzene rings is 1. The lowest BCUT2D eigenvalue weighted by molar-refractivity contribution is -0.134. The molecule has 0 bridgehead atoms.